The number of hydrogen-bond donors (Lipinski definition) is 2. The molecule has 3 nitrogen and oxygen atoms in total. The molecule has 0 bridgehead atoms. The lowest BCUT2D eigenvalue weighted by atomic mass is 10.2. The highest BCUT2D eigenvalue weighted by atomic mass is 16.5. The maximum atomic E-state index is 5.16. The van der Waals surface area contributed by atoms with Crippen LogP contribution in [0, 0.1) is 0 Å². The fourth-order valence-electron chi connectivity index (χ4n) is 1.11. The van der Waals surface area contributed by atoms with E-state index in [1.165, 1.54) is 12.8 Å². The van der Waals surface area contributed by atoms with Crippen LogP contribution in [0.1, 0.15) is 12.8 Å². The van der Waals surface area contributed by atoms with E-state index < -0.39 is 0 Å². The van der Waals surface area contributed by atoms with Crippen LogP contribution < -0.4 is 11.1 Å². The summed E-state index contributed by atoms with van der Waals surface area (Å²) in [5.74, 6) is 0. The summed E-state index contributed by atoms with van der Waals surface area (Å²) in [5.41, 5.74) is 5.16. The summed E-state index contributed by atoms with van der Waals surface area (Å²) in [4.78, 5) is 0. The third-order valence-electron chi connectivity index (χ3n) is 1.60. The fraction of sp³-hybridized carbons (Fsp3) is 1.00. The Morgan fingerprint density at radius 3 is 3.11 bits per heavy atom. The molecule has 1 atom stereocenters. The number of rotatable bonds is 3. The van der Waals surface area contributed by atoms with Gasteiger partial charge in [-0.3, -0.25) is 0 Å². The van der Waals surface area contributed by atoms with Crippen LogP contribution >= 0.6 is 0 Å². The second-order valence-electron chi connectivity index (χ2n) is 2.33. The first-order valence-electron chi connectivity index (χ1n) is 3.44. The minimum atomic E-state index is 0.345. The molecule has 1 aliphatic rings. The molecular weight excluding hydrogens is 116 g/mol. The van der Waals surface area contributed by atoms with Crippen molar-refractivity contribution in [1.29, 1.82) is 0 Å². The Morgan fingerprint density at radius 2 is 2.56 bits per heavy atom. The minimum Gasteiger partial charge on any atom is -0.365 e. The Morgan fingerprint density at radius 1 is 1.67 bits per heavy atom. The highest BCUT2D eigenvalue weighted by Crippen LogP contribution is 2.03. The Kier molecular flexibility index (Phi) is 2.97. The van der Waals surface area contributed by atoms with E-state index >= 15 is 0 Å². The molecule has 1 heterocycles. The molecule has 0 spiro atoms. The Labute approximate surface area is 55.6 Å². The summed E-state index contributed by atoms with van der Waals surface area (Å²) in [6, 6.07) is 0.563. The van der Waals surface area contributed by atoms with Gasteiger partial charge in [0, 0.05) is 6.04 Å². The third-order valence-corrected chi connectivity index (χ3v) is 1.60. The van der Waals surface area contributed by atoms with Gasteiger partial charge in [0.05, 0.1) is 13.3 Å². The van der Waals surface area contributed by atoms with Gasteiger partial charge < -0.3 is 15.8 Å². The number of nitrogens with one attached hydrogen (secondary N) is 1. The monoisotopic (exact) mass is 130 g/mol. The highest BCUT2D eigenvalue weighted by Gasteiger charge is 2.12. The zero-order valence-electron chi connectivity index (χ0n) is 5.60. The predicted molar refractivity (Wildman–Crippen MR) is 36.0 cm³/mol. The molecule has 0 saturated carbocycles. The zero-order chi connectivity index (χ0) is 6.53. The first-order chi connectivity index (χ1) is 4.43. The van der Waals surface area contributed by atoms with Gasteiger partial charge in [0.1, 0.15) is 0 Å². The molecule has 0 aromatic rings. The Bertz CT molecular complexity index is 71.5. The summed E-state index contributed by atoms with van der Waals surface area (Å²) in [7, 11) is 0. The molecule has 54 valence electrons. The van der Waals surface area contributed by atoms with E-state index in [9.17, 15) is 0 Å². The van der Waals surface area contributed by atoms with E-state index in [2.05, 4.69) is 5.32 Å². The summed E-state index contributed by atoms with van der Waals surface area (Å²) >= 11 is 0. The van der Waals surface area contributed by atoms with Gasteiger partial charge in [-0.25, -0.2) is 0 Å². The summed E-state index contributed by atoms with van der Waals surface area (Å²) < 4.78 is 5.03. The maximum Gasteiger partial charge on any atom is 0.0941 e. The smallest absolute Gasteiger partial charge is 0.0941 e. The predicted octanol–water partition coefficient (Wildman–Crippen LogP) is -0.329. The van der Waals surface area contributed by atoms with E-state index in [0.717, 1.165) is 13.2 Å². The van der Waals surface area contributed by atoms with Gasteiger partial charge in [0.2, 0.25) is 0 Å². The number of hydrogen-bond acceptors (Lipinski definition) is 3. The van der Waals surface area contributed by atoms with Gasteiger partial charge in [-0.2, -0.15) is 0 Å². The SMILES string of the molecule is NCOCC1CCCN1. The van der Waals surface area contributed by atoms with E-state index in [0.29, 0.717) is 12.8 Å². The first-order valence-corrected chi connectivity index (χ1v) is 3.44. The van der Waals surface area contributed by atoms with Gasteiger partial charge in [-0.15, -0.1) is 0 Å². The van der Waals surface area contributed by atoms with Crippen LogP contribution in [0.4, 0.5) is 0 Å². The van der Waals surface area contributed by atoms with E-state index in [1.807, 2.05) is 0 Å². The van der Waals surface area contributed by atoms with Gasteiger partial charge >= 0.3 is 0 Å². The molecule has 1 fully saturated rings. The van der Waals surface area contributed by atoms with Gasteiger partial charge in [-0.1, -0.05) is 0 Å². The molecule has 9 heavy (non-hydrogen) atoms. The normalized spacial score (nSPS) is 27.0. The van der Waals surface area contributed by atoms with E-state index in [-0.39, 0.29) is 0 Å². The average molecular weight is 130 g/mol. The molecular formula is C6H14N2O. The second kappa shape index (κ2) is 3.82. The average Bonchev–Trinajstić information content (AvgIpc) is 2.34. The number of ether oxygens (including phenoxy) is 1. The van der Waals surface area contributed by atoms with Crippen LogP contribution in [-0.4, -0.2) is 25.9 Å². The van der Waals surface area contributed by atoms with Gasteiger partial charge in [0.15, 0.2) is 0 Å². The minimum absolute atomic E-state index is 0.345. The molecule has 0 aromatic carbocycles. The standard InChI is InChI=1S/C6H14N2O/c7-5-9-4-6-2-1-3-8-6/h6,8H,1-5,7H2. The Balaban J connectivity index is 1.98. The molecule has 1 unspecified atom stereocenters. The zero-order valence-corrected chi connectivity index (χ0v) is 5.60. The van der Waals surface area contributed by atoms with Crippen molar-refractivity contribution in [3.05, 3.63) is 0 Å². The summed E-state index contributed by atoms with van der Waals surface area (Å²) in [6.45, 7) is 2.26. The van der Waals surface area contributed by atoms with Crippen LogP contribution in [0.25, 0.3) is 0 Å². The topological polar surface area (TPSA) is 47.3 Å². The van der Waals surface area contributed by atoms with Crippen molar-refractivity contribution in [2.45, 2.75) is 18.9 Å². The molecule has 1 rings (SSSR count). The van der Waals surface area contributed by atoms with Crippen molar-refractivity contribution >= 4 is 0 Å². The van der Waals surface area contributed by atoms with Crippen LogP contribution in [0.15, 0.2) is 0 Å². The summed E-state index contributed by atoms with van der Waals surface area (Å²) in [5, 5.41) is 3.31. The molecule has 1 aliphatic heterocycles. The van der Waals surface area contributed by atoms with Gasteiger partial charge in [0.25, 0.3) is 0 Å². The Hall–Kier alpha value is -0.120. The van der Waals surface area contributed by atoms with E-state index in [1.54, 1.807) is 0 Å². The van der Waals surface area contributed by atoms with Crippen molar-refractivity contribution in [2.24, 2.45) is 5.73 Å². The maximum absolute atomic E-state index is 5.16. The molecule has 0 amide bonds. The lowest BCUT2D eigenvalue weighted by molar-refractivity contribution is 0.122. The van der Waals surface area contributed by atoms with Crippen molar-refractivity contribution in [2.75, 3.05) is 19.9 Å². The molecule has 0 radical (unpaired) electrons. The molecule has 0 aromatic heterocycles. The van der Waals surface area contributed by atoms with Crippen LogP contribution in [-0.2, 0) is 4.74 Å². The van der Waals surface area contributed by atoms with Gasteiger partial charge in [-0.05, 0) is 19.4 Å². The first kappa shape index (κ1) is 6.99. The summed E-state index contributed by atoms with van der Waals surface area (Å²) in [6.07, 6.45) is 2.51. The lowest BCUT2D eigenvalue weighted by Gasteiger charge is -2.07. The van der Waals surface area contributed by atoms with Crippen molar-refractivity contribution in [3.63, 3.8) is 0 Å². The molecule has 1 saturated heterocycles. The largest absolute Gasteiger partial charge is 0.365 e. The number of nitrogens with two attached hydrogens (primary N) is 1. The lowest BCUT2D eigenvalue weighted by Crippen LogP contribution is -2.27. The molecule has 0 aliphatic carbocycles. The third kappa shape index (κ3) is 2.30. The fourth-order valence-corrected chi connectivity index (χ4v) is 1.11. The van der Waals surface area contributed by atoms with E-state index in [4.69, 9.17) is 10.5 Å². The highest BCUT2D eigenvalue weighted by molar-refractivity contribution is 4.72. The van der Waals surface area contributed by atoms with Crippen LogP contribution in [0.2, 0.25) is 0 Å². The molecule has 3 heteroatoms. The second-order valence-corrected chi connectivity index (χ2v) is 2.33. The van der Waals surface area contributed by atoms with Crippen LogP contribution in [0.3, 0.4) is 0 Å². The van der Waals surface area contributed by atoms with Crippen molar-refractivity contribution < 1.29 is 4.74 Å². The quantitative estimate of drug-likeness (QED) is 0.514. The van der Waals surface area contributed by atoms with Crippen LogP contribution in [0.5, 0.6) is 0 Å². The van der Waals surface area contributed by atoms with Crippen molar-refractivity contribution in [1.82, 2.24) is 5.32 Å². The van der Waals surface area contributed by atoms with Crippen molar-refractivity contribution in [3.8, 4) is 0 Å². The molecule has 3 N–H and O–H groups in total.